The van der Waals surface area contributed by atoms with E-state index in [9.17, 15) is 13.2 Å². The van der Waals surface area contributed by atoms with Gasteiger partial charge in [-0.25, -0.2) is 9.87 Å². The van der Waals surface area contributed by atoms with Gasteiger partial charge in [-0.2, -0.15) is 12.8 Å². The minimum atomic E-state index is -3.93. The largest absolute Gasteiger partial charge is 0.493 e. The van der Waals surface area contributed by atoms with Crippen LogP contribution in [0.15, 0.2) is 52.6 Å². The van der Waals surface area contributed by atoms with Crippen molar-refractivity contribution in [1.82, 2.24) is 19.8 Å². The number of H-pyrrole nitrogens is 1. The number of aromatic nitrogens is 2. The first kappa shape index (κ1) is 31.6. The number of piperazine rings is 1. The molecule has 15 heteroatoms. The van der Waals surface area contributed by atoms with Gasteiger partial charge < -0.3 is 14.6 Å². The molecule has 1 unspecified atom stereocenters. The van der Waals surface area contributed by atoms with Gasteiger partial charge in [-0.05, 0) is 30.7 Å². The number of benzene rings is 1. The Morgan fingerprint density at radius 3 is 2.74 bits per heavy atom. The van der Waals surface area contributed by atoms with Crippen LogP contribution in [0.5, 0.6) is 5.75 Å². The normalized spacial score (nSPS) is 17.8. The van der Waals surface area contributed by atoms with Crippen LogP contribution in [0.2, 0.25) is 0 Å². The van der Waals surface area contributed by atoms with Gasteiger partial charge in [-0.1, -0.05) is 17.8 Å². The molecule has 3 aromatic rings. The van der Waals surface area contributed by atoms with Crippen LogP contribution in [0.4, 0.5) is 5.69 Å². The molecule has 43 heavy (non-hydrogen) atoms. The third kappa shape index (κ3) is 7.64. The number of nitrogens with zero attached hydrogens (tertiary/aromatic N) is 5. The second-order valence-corrected chi connectivity index (χ2v) is 14.2. The van der Waals surface area contributed by atoms with Crippen molar-refractivity contribution in [2.75, 3.05) is 70.1 Å². The molecule has 1 N–H and O–H groups in total. The van der Waals surface area contributed by atoms with Gasteiger partial charge in [-0.15, -0.1) is 0 Å². The lowest BCUT2D eigenvalue weighted by Crippen LogP contribution is -2.49. The third-order valence-electron chi connectivity index (χ3n) is 7.27. The summed E-state index contributed by atoms with van der Waals surface area (Å²) >= 11 is 2.92. The molecule has 0 radical (unpaired) electrons. The van der Waals surface area contributed by atoms with Crippen LogP contribution in [0.3, 0.4) is 0 Å². The number of thioether (sulfide) groups is 1. The summed E-state index contributed by atoms with van der Waals surface area (Å²) in [6, 6.07) is 10.4. The van der Waals surface area contributed by atoms with E-state index >= 15 is 0 Å². The fourth-order valence-corrected chi connectivity index (χ4v) is 7.66. The lowest BCUT2D eigenvalue weighted by atomic mass is 10.2. The summed E-state index contributed by atoms with van der Waals surface area (Å²) in [5, 5.41) is 1.97. The number of carbonyl (C=O) groups excluding carboxylic acids is 1. The lowest BCUT2D eigenvalue weighted by molar-refractivity contribution is -0.160. The number of nitrogens with one attached hydrogen (secondary N) is 1. The summed E-state index contributed by atoms with van der Waals surface area (Å²) in [4.78, 5) is 32.9. The highest BCUT2D eigenvalue weighted by atomic mass is 32.2. The van der Waals surface area contributed by atoms with Crippen molar-refractivity contribution in [3.8, 4) is 5.75 Å². The number of hydrogen-bond acceptors (Lipinski definition) is 11. The number of aliphatic imine (C=N–C) groups is 1. The highest BCUT2D eigenvalue weighted by Gasteiger charge is 2.29. The van der Waals surface area contributed by atoms with E-state index in [1.54, 1.807) is 36.9 Å². The topological polar surface area (TPSA) is 130 Å². The van der Waals surface area contributed by atoms with Crippen molar-refractivity contribution in [3.05, 3.63) is 48.3 Å². The number of fused-ring (bicyclic) bond motifs is 1. The number of pyridine rings is 1. The van der Waals surface area contributed by atoms with Crippen LogP contribution in [0, 0.1) is 0 Å². The fourth-order valence-electron chi connectivity index (χ4n) is 5.00. The summed E-state index contributed by atoms with van der Waals surface area (Å²) in [5.74, 6) is 1.36. The van der Waals surface area contributed by atoms with Crippen molar-refractivity contribution in [2.45, 2.75) is 23.6 Å². The molecule has 2 aliphatic rings. The fraction of sp³-hybridized carbons (Fsp3) is 0.464. The van der Waals surface area contributed by atoms with E-state index in [2.05, 4.69) is 19.8 Å². The van der Waals surface area contributed by atoms with Crippen LogP contribution < -0.4 is 9.04 Å². The van der Waals surface area contributed by atoms with Gasteiger partial charge in [0.15, 0.2) is 5.03 Å². The highest BCUT2D eigenvalue weighted by molar-refractivity contribution is 8.15. The Bertz CT molecular complexity index is 1540. The number of anilines is 1. The summed E-state index contributed by atoms with van der Waals surface area (Å²) in [6.45, 7) is 6.86. The van der Waals surface area contributed by atoms with Crippen molar-refractivity contribution < 1.29 is 27.2 Å². The van der Waals surface area contributed by atoms with Crippen LogP contribution in [-0.4, -0.2) is 110 Å². The lowest BCUT2D eigenvalue weighted by Gasteiger charge is -2.35. The molecule has 12 nitrogen and oxygen atoms in total. The van der Waals surface area contributed by atoms with E-state index in [0.717, 1.165) is 48.8 Å². The van der Waals surface area contributed by atoms with E-state index in [1.165, 1.54) is 42.8 Å². The van der Waals surface area contributed by atoms with Crippen molar-refractivity contribution >= 4 is 61.4 Å². The van der Waals surface area contributed by atoms with Gasteiger partial charge in [0.1, 0.15) is 10.8 Å². The van der Waals surface area contributed by atoms with Crippen LogP contribution in [-0.2, 0) is 24.0 Å². The minimum Gasteiger partial charge on any atom is -0.493 e. The maximum atomic E-state index is 13.5. The molecule has 0 bridgehead atoms. The molecule has 0 aliphatic carbocycles. The van der Waals surface area contributed by atoms with Gasteiger partial charge in [0, 0.05) is 87.4 Å². The molecule has 0 spiro atoms. The average Bonchev–Trinajstić information content (AvgIpc) is 3.66. The Morgan fingerprint density at radius 2 is 2.02 bits per heavy atom. The zero-order valence-corrected chi connectivity index (χ0v) is 26.8. The summed E-state index contributed by atoms with van der Waals surface area (Å²) in [7, 11) is -0.959. The second-order valence-electron chi connectivity index (χ2n) is 10.2. The first-order chi connectivity index (χ1) is 20.8. The minimum absolute atomic E-state index is 0.0402. The first-order valence-corrected chi connectivity index (χ1v) is 17.2. The van der Waals surface area contributed by atoms with E-state index in [-0.39, 0.29) is 10.9 Å². The Labute approximate surface area is 260 Å². The van der Waals surface area contributed by atoms with E-state index < -0.39 is 10.0 Å². The Kier molecular flexibility index (Phi) is 10.5. The molecule has 0 saturated carbocycles. The van der Waals surface area contributed by atoms with Crippen LogP contribution >= 0.6 is 23.8 Å². The molecule has 2 aromatic heterocycles. The Morgan fingerprint density at radius 1 is 1.21 bits per heavy atom. The molecule has 1 amide bonds. The summed E-state index contributed by atoms with van der Waals surface area (Å²) < 4.78 is 39.2. The van der Waals surface area contributed by atoms with Crippen LogP contribution in [0.1, 0.15) is 19.0 Å². The monoisotopic (exact) mass is 648 g/mol. The number of aromatic amines is 1. The molecular formula is C28H36N6O6S3. The Balaban J connectivity index is 1.35. The molecule has 1 aromatic carbocycles. The molecule has 2 aliphatic heterocycles. The Hall–Kier alpha value is -2.82. The number of ether oxygens (including phenoxy) is 1. The number of carbonyl (C=O) groups is 1. The molecule has 5 rings (SSSR count). The third-order valence-corrected chi connectivity index (χ3v) is 10.8. The van der Waals surface area contributed by atoms with Gasteiger partial charge in [0.05, 0.1) is 37.2 Å². The summed E-state index contributed by atoms with van der Waals surface area (Å²) in [5.41, 5.74) is 1.95. The highest BCUT2D eigenvalue weighted by Crippen LogP contribution is 2.36. The van der Waals surface area contributed by atoms with Gasteiger partial charge in [-0.3, -0.25) is 19.0 Å². The van der Waals surface area contributed by atoms with Crippen LogP contribution in [0.25, 0.3) is 10.9 Å². The smallest absolute Gasteiger partial charge is 0.281 e. The molecule has 1 saturated heterocycles. The van der Waals surface area contributed by atoms with Gasteiger partial charge in [0.25, 0.3) is 10.0 Å². The number of rotatable bonds is 13. The maximum Gasteiger partial charge on any atom is 0.281 e. The molecule has 4 heterocycles. The van der Waals surface area contributed by atoms with Crippen molar-refractivity contribution in [3.63, 3.8) is 0 Å². The SMILES string of the molecule is COOSCCCOc1cc(N(C)S(=O)(=O)c2ccccn2)c2[nH]c(C3=NCC(CN4CCN(C(C)=O)CC4)S3)cc2c1. The predicted molar refractivity (Wildman–Crippen MR) is 170 cm³/mol. The number of sulfonamides is 1. The molecule has 1 fully saturated rings. The number of amides is 1. The molecular weight excluding hydrogens is 613 g/mol. The summed E-state index contributed by atoms with van der Waals surface area (Å²) in [6.07, 6.45) is 2.17. The zero-order chi connectivity index (χ0) is 30.4. The molecule has 232 valence electrons. The zero-order valence-electron chi connectivity index (χ0n) is 24.4. The quantitative estimate of drug-likeness (QED) is 0.127. The average molecular weight is 649 g/mol. The first-order valence-electron chi connectivity index (χ1n) is 14.0. The van der Waals surface area contributed by atoms with Gasteiger partial charge >= 0.3 is 0 Å². The standard InChI is InChI=1S/C28H36N6O6S3/c1-20(35)34-11-9-33(10-12-34)19-23-18-30-28(42-23)24-16-21-15-22(39-13-6-14-41-40-38-3)17-25(27(21)31-24)32(2)43(36,37)26-7-4-5-8-29-26/h4-5,7-8,15-17,23,31H,6,9-14,18-19H2,1-3H3. The van der Waals surface area contributed by atoms with E-state index in [1.807, 2.05) is 17.0 Å². The van der Waals surface area contributed by atoms with E-state index in [0.29, 0.717) is 47.5 Å². The van der Waals surface area contributed by atoms with Gasteiger partial charge in [0.2, 0.25) is 5.91 Å². The predicted octanol–water partition coefficient (Wildman–Crippen LogP) is 3.41. The van der Waals surface area contributed by atoms with Crippen molar-refractivity contribution in [2.24, 2.45) is 4.99 Å². The van der Waals surface area contributed by atoms with Crippen molar-refractivity contribution in [1.29, 1.82) is 0 Å². The number of hydrogen-bond donors (Lipinski definition) is 1. The maximum absolute atomic E-state index is 13.5. The molecule has 1 atom stereocenters. The second kappa shape index (κ2) is 14.3. The van der Waals surface area contributed by atoms with E-state index in [4.69, 9.17) is 14.1 Å².